The third-order valence-corrected chi connectivity index (χ3v) is 2.46. The lowest BCUT2D eigenvalue weighted by atomic mass is 10.2. The van der Waals surface area contributed by atoms with Crippen molar-refractivity contribution < 1.29 is 9.53 Å². The van der Waals surface area contributed by atoms with E-state index < -0.39 is 0 Å². The molecule has 2 N–H and O–H groups in total. The van der Waals surface area contributed by atoms with Crippen molar-refractivity contribution in [2.24, 2.45) is 5.73 Å². The first-order valence-electron chi connectivity index (χ1n) is 5.56. The van der Waals surface area contributed by atoms with Crippen molar-refractivity contribution >= 4 is 5.91 Å². The number of nitrogens with zero attached hydrogens (tertiary/aromatic N) is 2. The first kappa shape index (κ1) is 13.4. The Morgan fingerprint density at radius 1 is 1.65 bits per heavy atom. The molecule has 1 unspecified atom stereocenters. The molecule has 0 aromatic carbocycles. The van der Waals surface area contributed by atoms with Gasteiger partial charge in [-0.3, -0.25) is 4.79 Å². The van der Waals surface area contributed by atoms with E-state index in [4.69, 9.17) is 10.5 Å². The predicted molar refractivity (Wildman–Crippen MR) is 66.0 cm³/mol. The standard InChI is InChI=1S/C12H19N3O2/c1-9(13)6-8-15(2)12(16)10-5-4-7-14-11(10)17-3/h4-5,7,9H,6,8,13H2,1-3H3. The summed E-state index contributed by atoms with van der Waals surface area (Å²) in [5, 5.41) is 0. The predicted octanol–water partition coefficient (Wildman–Crippen LogP) is 0.899. The van der Waals surface area contributed by atoms with Gasteiger partial charge in [0.05, 0.1) is 7.11 Å². The zero-order chi connectivity index (χ0) is 12.8. The number of nitrogens with two attached hydrogens (primary N) is 1. The first-order chi connectivity index (χ1) is 8.06. The van der Waals surface area contributed by atoms with E-state index in [2.05, 4.69) is 4.98 Å². The topological polar surface area (TPSA) is 68.5 Å². The van der Waals surface area contributed by atoms with Gasteiger partial charge >= 0.3 is 0 Å². The second-order valence-electron chi connectivity index (χ2n) is 4.05. The highest BCUT2D eigenvalue weighted by molar-refractivity contribution is 5.96. The highest BCUT2D eigenvalue weighted by Gasteiger charge is 2.16. The lowest BCUT2D eigenvalue weighted by molar-refractivity contribution is 0.0787. The molecule has 94 valence electrons. The van der Waals surface area contributed by atoms with Crippen LogP contribution in [0.4, 0.5) is 0 Å². The molecule has 0 radical (unpaired) electrons. The van der Waals surface area contributed by atoms with Gasteiger partial charge in [0.2, 0.25) is 5.88 Å². The van der Waals surface area contributed by atoms with Gasteiger partial charge in [-0.05, 0) is 25.5 Å². The van der Waals surface area contributed by atoms with Gasteiger partial charge in [0, 0.05) is 25.8 Å². The van der Waals surface area contributed by atoms with Crippen LogP contribution in [0.1, 0.15) is 23.7 Å². The lowest BCUT2D eigenvalue weighted by Gasteiger charge is -2.19. The fourth-order valence-corrected chi connectivity index (χ4v) is 1.42. The summed E-state index contributed by atoms with van der Waals surface area (Å²) in [5.41, 5.74) is 6.13. The Bertz CT molecular complexity index is 380. The number of carbonyl (C=O) groups is 1. The maximum atomic E-state index is 12.1. The molecular weight excluding hydrogens is 218 g/mol. The number of pyridine rings is 1. The van der Waals surface area contributed by atoms with Gasteiger partial charge in [-0.2, -0.15) is 0 Å². The number of hydrogen-bond acceptors (Lipinski definition) is 4. The number of ether oxygens (including phenoxy) is 1. The summed E-state index contributed by atoms with van der Waals surface area (Å²) < 4.78 is 5.06. The summed E-state index contributed by atoms with van der Waals surface area (Å²) in [6.07, 6.45) is 2.36. The van der Waals surface area contributed by atoms with E-state index in [0.29, 0.717) is 18.0 Å². The minimum absolute atomic E-state index is 0.0843. The molecule has 1 aromatic rings. The summed E-state index contributed by atoms with van der Waals surface area (Å²) in [6, 6.07) is 3.51. The highest BCUT2D eigenvalue weighted by Crippen LogP contribution is 2.15. The molecule has 0 aliphatic rings. The molecule has 0 saturated carbocycles. The van der Waals surface area contributed by atoms with E-state index in [9.17, 15) is 4.79 Å². The molecule has 1 aromatic heterocycles. The van der Waals surface area contributed by atoms with E-state index in [1.807, 2.05) is 6.92 Å². The average molecular weight is 237 g/mol. The Labute approximate surface area is 102 Å². The van der Waals surface area contributed by atoms with Crippen LogP contribution in [0.2, 0.25) is 0 Å². The van der Waals surface area contributed by atoms with Gasteiger partial charge < -0.3 is 15.4 Å². The number of amides is 1. The molecule has 1 heterocycles. The lowest BCUT2D eigenvalue weighted by Crippen LogP contribution is -2.31. The summed E-state index contributed by atoms with van der Waals surface area (Å²) in [5.74, 6) is 0.251. The van der Waals surface area contributed by atoms with E-state index in [1.54, 1.807) is 30.3 Å². The summed E-state index contributed by atoms with van der Waals surface area (Å²) >= 11 is 0. The van der Waals surface area contributed by atoms with Crippen LogP contribution in [0.5, 0.6) is 5.88 Å². The van der Waals surface area contributed by atoms with Crippen molar-refractivity contribution in [3.8, 4) is 5.88 Å². The molecule has 1 rings (SSSR count). The van der Waals surface area contributed by atoms with E-state index in [1.165, 1.54) is 7.11 Å². The zero-order valence-corrected chi connectivity index (χ0v) is 10.5. The molecule has 0 aliphatic heterocycles. The second-order valence-corrected chi connectivity index (χ2v) is 4.05. The number of hydrogen-bond donors (Lipinski definition) is 1. The molecule has 0 spiro atoms. The maximum absolute atomic E-state index is 12.1. The van der Waals surface area contributed by atoms with Crippen molar-refractivity contribution in [1.82, 2.24) is 9.88 Å². The Balaban J connectivity index is 2.74. The monoisotopic (exact) mass is 237 g/mol. The van der Waals surface area contributed by atoms with Gasteiger partial charge in [-0.1, -0.05) is 0 Å². The van der Waals surface area contributed by atoms with Crippen molar-refractivity contribution in [2.45, 2.75) is 19.4 Å². The highest BCUT2D eigenvalue weighted by atomic mass is 16.5. The van der Waals surface area contributed by atoms with Crippen LogP contribution < -0.4 is 10.5 Å². The average Bonchev–Trinajstić information content (AvgIpc) is 2.34. The Morgan fingerprint density at radius 3 is 2.94 bits per heavy atom. The van der Waals surface area contributed by atoms with Gasteiger partial charge in [0.25, 0.3) is 5.91 Å². The maximum Gasteiger partial charge on any atom is 0.259 e. The van der Waals surface area contributed by atoms with E-state index in [-0.39, 0.29) is 11.9 Å². The largest absolute Gasteiger partial charge is 0.480 e. The summed E-state index contributed by atoms with van der Waals surface area (Å²) in [4.78, 5) is 17.7. The fraction of sp³-hybridized carbons (Fsp3) is 0.500. The van der Waals surface area contributed by atoms with E-state index in [0.717, 1.165) is 6.42 Å². The van der Waals surface area contributed by atoms with Crippen LogP contribution in [0.25, 0.3) is 0 Å². The van der Waals surface area contributed by atoms with Crippen LogP contribution in [0.15, 0.2) is 18.3 Å². The molecule has 5 heteroatoms. The molecule has 1 amide bonds. The third kappa shape index (κ3) is 3.71. The number of methoxy groups -OCH3 is 1. The fourth-order valence-electron chi connectivity index (χ4n) is 1.42. The van der Waals surface area contributed by atoms with Gasteiger partial charge in [-0.15, -0.1) is 0 Å². The molecule has 5 nitrogen and oxygen atoms in total. The second kappa shape index (κ2) is 6.20. The molecule has 0 fully saturated rings. The molecule has 17 heavy (non-hydrogen) atoms. The smallest absolute Gasteiger partial charge is 0.259 e. The summed E-state index contributed by atoms with van der Waals surface area (Å²) in [7, 11) is 3.25. The Morgan fingerprint density at radius 2 is 2.35 bits per heavy atom. The first-order valence-corrected chi connectivity index (χ1v) is 5.56. The van der Waals surface area contributed by atoms with Crippen LogP contribution in [0, 0.1) is 0 Å². The van der Waals surface area contributed by atoms with Crippen molar-refractivity contribution in [1.29, 1.82) is 0 Å². The van der Waals surface area contributed by atoms with Crippen molar-refractivity contribution in [3.05, 3.63) is 23.9 Å². The van der Waals surface area contributed by atoms with Crippen molar-refractivity contribution in [2.75, 3.05) is 20.7 Å². The normalized spacial score (nSPS) is 12.0. The minimum atomic E-state index is -0.101. The van der Waals surface area contributed by atoms with Gasteiger partial charge in [0.1, 0.15) is 5.56 Å². The van der Waals surface area contributed by atoms with Crippen LogP contribution >= 0.6 is 0 Å². The van der Waals surface area contributed by atoms with Crippen LogP contribution in [-0.2, 0) is 0 Å². The SMILES string of the molecule is COc1ncccc1C(=O)N(C)CCC(C)N. The molecule has 0 aliphatic carbocycles. The molecule has 0 bridgehead atoms. The molecular formula is C12H19N3O2. The molecule has 0 saturated heterocycles. The number of rotatable bonds is 5. The van der Waals surface area contributed by atoms with Crippen molar-refractivity contribution in [3.63, 3.8) is 0 Å². The van der Waals surface area contributed by atoms with Crippen LogP contribution in [0.3, 0.4) is 0 Å². The minimum Gasteiger partial charge on any atom is -0.480 e. The third-order valence-electron chi connectivity index (χ3n) is 2.46. The Hall–Kier alpha value is -1.62. The number of aromatic nitrogens is 1. The van der Waals surface area contributed by atoms with E-state index >= 15 is 0 Å². The number of carbonyl (C=O) groups excluding carboxylic acids is 1. The Kier molecular flexibility index (Phi) is 4.90. The quantitative estimate of drug-likeness (QED) is 0.826. The summed E-state index contributed by atoms with van der Waals surface area (Å²) in [6.45, 7) is 2.54. The molecule has 1 atom stereocenters. The zero-order valence-electron chi connectivity index (χ0n) is 10.5. The van der Waals surface area contributed by atoms with Crippen LogP contribution in [-0.4, -0.2) is 42.5 Å². The van der Waals surface area contributed by atoms with Gasteiger partial charge in [-0.25, -0.2) is 4.98 Å². The van der Waals surface area contributed by atoms with Gasteiger partial charge in [0.15, 0.2) is 0 Å².